The van der Waals surface area contributed by atoms with Gasteiger partial charge in [-0.15, -0.1) is 0 Å². The first-order valence-electron chi connectivity index (χ1n) is 22.6. The van der Waals surface area contributed by atoms with Crippen LogP contribution in [0.2, 0.25) is 0 Å². The van der Waals surface area contributed by atoms with E-state index in [1.54, 1.807) is 0 Å². The number of rotatable bonds is 9. The van der Waals surface area contributed by atoms with Gasteiger partial charge in [0, 0.05) is 33.4 Å². The van der Waals surface area contributed by atoms with Gasteiger partial charge in [-0.1, -0.05) is 127 Å². The summed E-state index contributed by atoms with van der Waals surface area (Å²) in [5.74, 6) is 3.37. The van der Waals surface area contributed by atoms with E-state index in [0.29, 0.717) is 40.7 Å². The Morgan fingerprint density at radius 1 is 0.203 bits per heavy atom. The minimum atomic E-state index is 0.537. The predicted molar refractivity (Wildman–Crippen MR) is 271 cm³/mol. The minimum absolute atomic E-state index is 0.537. The number of hydrogen-bond acceptors (Lipinski definition) is 9. The van der Waals surface area contributed by atoms with E-state index in [4.69, 9.17) is 43.2 Å². The van der Waals surface area contributed by atoms with Crippen LogP contribution in [0.4, 0.5) is 0 Å². The summed E-state index contributed by atoms with van der Waals surface area (Å²) in [5, 5.41) is 0. The molecule has 13 rings (SSSR count). The van der Waals surface area contributed by atoms with Gasteiger partial charge in [0.2, 0.25) is 17.7 Å². The second-order valence-electron chi connectivity index (χ2n) is 16.8. The van der Waals surface area contributed by atoms with Crippen LogP contribution in [0.5, 0.6) is 0 Å². The van der Waals surface area contributed by atoms with Crippen LogP contribution in [0.15, 0.2) is 232 Å². The first-order valence-corrected chi connectivity index (χ1v) is 22.6. The van der Waals surface area contributed by atoms with Crippen LogP contribution in [0.3, 0.4) is 0 Å². The Morgan fingerprint density at radius 2 is 0.522 bits per heavy atom. The molecule has 0 radical (unpaired) electrons. The van der Waals surface area contributed by atoms with E-state index in [2.05, 4.69) is 66.7 Å². The standard InChI is InChI=1S/C60H36N6O3/c1-4-13-37(14-5-1)58-61-49-28-25-45(36-54(49)69-58)42-21-12-24-48(33-42)57-65-55(46-22-10-19-40(31-46)43-26-29-52-50(34-43)62-59(67-52)38-15-6-2-7-16-38)64-56(66-57)47-23-11-20-41(32-47)44-27-30-53-51(35-44)63-60(68-53)39-17-8-3-9-18-39/h1-36H. The Labute approximate surface area is 395 Å². The Kier molecular flexibility index (Phi) is 9.61. The Morgan fingerprint density at radius 3 is 0.942 bits per heavy atom. The van der Waals surface area contributed by atoms with E-state index < -0.39 is 0 Å². The lowest BCUT2D eigenvalue weighted by molar-refractivity contribution is 0.619. The van der Waals surface area contributed by atoms with Crippen molar-refractivity contribution in [1.29, 1.82) is 0 Å². The molecule has 4 heterocycles. The van der Waals surface area contributed by atoms with Gasteiger partial charge < -0.3 is 13.3 Å². The van der Waals surface area contributed by atoms with Crippen molar-refractivity contribution in [3.8, 4) is 102 Å². The van der Waals surface area contributed by atoms with Crippen LogP contribution in [0.1, 0.15) is 0 Å². The third kappa shape index (κ3) is 7.69. The van der Waals surface area contributed by atoms with Crippen molar-refractivity contribution >= 4 is 33.3 Å². The number of oxazole rings is 3. The molecule has 0 spiro atoms. The van der Waals surface area contributed by atoms with E-state index in [-0.39, 0.29) is 0 Å². The molecular weight excluding hydrogens is 853 g/mol. The van der Waals surface area contributed by atoms with Gasteiger partial charge in [0.05, 0.1) is 0 Å². The van der Waals surface area contributed by atoms with Gasteiger partial charge in [-0.05, 0) is 124 Å². The molecule has 9 aromatic carbocycles. The van der Waals surface area contributed by atoms with E-state index in [0.717, 1.165) is 94.5 Å². The summed E-state index contributed by atoms with van der Waals surface area (Å²) in [6, 6.07) is 72.9. The van der Waals surface area contributed by atoms with Gasteiger partial charge >= 0.3 is 0 Å². The maximum Gasteiger partial charge on any atom is 0.227 e. The maximum atomic E-state index is 6.26. The highest BCUT2D eigenvalue weighted by atomic mass is 16.4. The van der Waals surface area contributed by atoms with E-state index >= 15 is 0 Å². The molecule has 9 heteroatoms. The fourth-order valence-electron chi connectivity index (χ4n) is 8.71. The SMILES string of the molecule is c1ccc(-c2nc3cc(-c4cccc(-c5nc(-c6cccc(-c7ccc8oc(-c9ccccc9)nc8c7)c6)nc(-c6cccc(-c7ccc8nc(-c9ccccc9)oc8c7)c6)n5)c4)ccc3o2)cc1. The highest BCUT2D eigenvalue weighted by Crippen LogP contribution is 2.36. The lowest BCUT2D eigenvalue weighted by Gasteiger charge is -2.11. The highest BCUT2D eigenvalue weighted by molar-refractivity contribution is 5.86. The summed E-state index contributed by atoms with van der Waals surface area (Å²) in [6.45, 7) is 0. The Hall–Kier alpha value is -9.60. The van der Waals surface area contributed by atoms with Crippen LogP contribution < -0.4 is 0 Å². The molecule has 0 amide bonds. The number of aromatic nitrogens is 6. The monoisotopic (exact) mass is 888 g/mol. The third-order valence-corrected chi connectivity index (χ3v) is 12.2. The fourth-order valence-corrected chi connectivity index (χ4v) is 8.71. The predicted octanol–water partition coefficient (Wildman–Crippen LogP) is 15.3. The summed E-state index contributed by atoms with van der Waals surface area (Å²) in [5.41, 5.74) is 15.7. The third-order valence-electron chi connectivity index (χ3n) is 12.2. The summed E-state index contributed by atoms with van der Waals surface area (Å²) in [7, 11) is 0. The summed E-state index contributed by atoms with van der Waals surface area (Å²) >= 11 is 0. The molecule has 0 bridgehead atoms. The molecular formula is C60H36N6O3. The second kappa shape index (κ2) is 16.7. The van der Waals surface area contributed by atoms with Crippen LogP contribution >= 0.6 is 0 Å². The van der Waals surface area contributed by atoms with Gasteiger partial charge in [0.25, 0.3) is 0 Å². The number of nitrogens with zero attached hydrogens (tertiary/aromatic N) is 6. The van der Waals surface area contributed by atoms with Crippen molar-refractivity contribution in [2.75, 3.05) is 0 Å². The summed E-state index contributed by atoms with van der Waals surface area (Å²) in [4.78, 5) is 30.0. The zero-order valence-corrected chi connectivity index (χ0v) is 36.7. The molecule has 0 aliphatic rings. The van der Waals surface area contributed by atoms with E-state index in [1.165, 1.54) is 0 Å². The molecule has 0 saturated carbocycles. The van der Waals surface area contributed by atoms with Crippen molar-refractivity contribution in [3.63, 3.8) is 0 Å². The van der Waals surface area contributed by atoms with Crippen molar-refractivity contribution < 1.29 is 13.3 Å². The topological polar surface area (TPSA) is 117 Å². The molecule has 69 heavy (non-hydrogen) atoms. The van der Waals surface area contributed by atoms with Gasteiger partial charge in [-0.3, -0.25) is 0 Å². The van der Waals surface area contributed by atoms with Crippen molar-refractivity contribution in [1.82, 2.24) is 29.9 Å². The molecule has 0 unspecified atom stereocenters. The van der Waals surface area contributed by atoms with Gasteiger partial charge in [-0.25, -0.2) is 29.9 Å². The average Bonchev–Trinajstić information content (AvgIpc) is 4.19. The lowest BCUT2D eigenvalue weighted by atomic mass is 10.0. The molecule has 0 aliphatic heterocycles. The molecule has 9 nitrogen and oxygen atoms in total. The lowest BCUT2D eigenvalue weighted by Crippen LogP contribution is -2.00. The van der Waals surface area contributed by atoms with E-state index in [9.17, 15) is 0 Å². The number of hydrogen-bond donors (Lipinski definition) is 0. The summed E-state index contributed by atoms with van der Waals surface area (Å²) in [6.07, 6.45) is 0. The minimum Gasteiger partial charge on any atom is -0.436 e. The van der Waals surface area contributed by atoms with E-state index in [1.807, 2.05) is 152 Å². The van der Waals surface area contributed by atoms with Crippen LogP contribution in [-0.2, 0) is 0 Å². The number of fused-ring (bicyclic) bond motifs is 3. The maximum absolute atomic E-state index is 6.26. The van der Waals surface area contributed by atoms with Gasteiger partial charge in [-0.2, -0.15) is 0 Å². The Balaban J connectivity index is 0.896. The highest BCUT2D eigenvalue weighted by Gasteiger charge is 2.17. The zero-order chi connectivity index (χ0) is 45.7. The molecule has 0 N–H and O–H groups in total. The van der Waals surface area contributed by atoms with Crippen LogP contribution in [0.25, 0.3) is 135 Å². The molecule has 0 atom stereocenters. The molecule has 13 aromatic rings. The molecule has 0 fully saturated rings. The first kappa shape index (κ1) is 39.7. The molecule has 324 valence electrons. The Bertz CT molecular complexity index is 3600. The van der Waals surface area contributed by atoms with Crippen LogP contribution in [0, 0.1) is 0 Å². The molecule has 0 saturated heterocycles. The largest absolute Gasteiger partial charge is 0.436 e. The van der Waals surface area contributed by atoms with Gasteiger partial charge in [0.1, 0.15) is 16.6 Å². The molecule has 4 aromatic heterocycles. The first-order chi connectivity index (χ1) is 34.1. The number of benzene rings is 9. The average molecular weight is 889 g/mol. The normalized spacial score (nSPS) is 11.5. The van der Waals surface area contributed by atoms with Crippen LogP contribution in [-0.4, -0.2) is 29.9 Å². The summed E-state index contributed by atoms with van der Waals surface area (Å²) < 4.78 is 18.5. The quantitative estimate of drug-likeness (QED) is 0.140. The smallest absolute Gasteiger partial charge is 0.227 e. The van der Waals surface area contributed by atoms with Gasteiger partial charge in [0.15, 0.2) is 34.2 Å². The zero-order valence-electron chi connectivity index (χ0n) is 36.7. The fraction of sp³-hybridized carbons (Fsp3) is 0. The molecule has 0 aliphatic carbocycles. The van der Waals surface area contributed by atoms with Crippen molar-refractivity contribution in [2.24, 2.45) is 0 Å². The second-order valence-corrected chi connectivity index (χ2v) is 16.8. The van der Waals surface area contributed by atoms with Crippen molar-refractivity contribution in [2.45, 2.75) is 0 Å². The van der Waals surface area contributed by atoms with Crippen molar-refractivity contribution in [3.05, 3.63) is 218 Å².